The van der Waals surface area contributed by atoms with Crippen LogP contribution >= 0.6 is 0 Å². The highest BCUT2D eigenvalue weighted by molar-refractivity contribution is 5.90. The van der Waals surface area contributed by atoms with Gasteiger partial charge in [-0.05, 0) is 56.0 Å². The summed E-state index contributed by atoms with van der Waals surface area (Å²) in [6.45, 7) is 3.79. The summed E-state index contributed by atoms with van der Waals surface area (Å²) in [5.74, 6) is 1.40. The molecule has 0 bridgehead atoms. The molecular weight excluding hydrogens is 377 g/mol. The lowest BCUT2D eigenvalue weighted by molar-refractivity contribution is -0.137. The van der Waals surface area contributed by atoms with Crippen molar-refractivity contribution >= 4 is 22.7 Å². The highest BCUT2D eigenvalue weighted by atomic mass is 19.4. The SMILES string of the molecule is C[C@@H](Nc1nc(N2CCCCC2)nc2ccccc12)c1ccc(C(F)(F)F)cc1. The molecule has 1 aliphatic rings. The highest BCUT2D eigenvalue weighted by Crippen LogP contribution is 2.31. The van der Waals surface area contributed by atoms with Gasteiger partial charge >= 0.3 is 6.18 Å². The van der Waals surface area contributed by atoms with Crippen LogP contribution in [-0.4, -0.2) is 23.1 Å². The Morgan fingerprint density at radius 2 is 1.62 bits per heavy atom. The first-order valence-corrected chi connectivity index (χ1v) is 9.87. The van der Waals surface area contributed by atoms with Crippen molar-refractivity contribution in [1.82, 2.24) is 9.97 Å². The summed E-state index contributed by atoms with van der Waals surface area (Å²) in [5.41, 5.74) is 0.971. The first-order chi connectivity index (χ1) is 13.9. The molecule has 2 aromatic carbocycles. The molecule has 0 amide bonds. The monoisotopic (exact) mass is 400 g/mol. The van der Waals surface area contributed by atoms with Crippen molar-refractivity contribution in [3.8, 4) is 0 Å². The van der Waals surface area contributed by atoms with Gasteiger partial charge in [0.15, 0.2) is 0 Å². The van der Waals surface area contributed by atoms with E-state index < -0.39 is 11.7 Å². The van der Waals surface area contributed by atoms with Crippen molar-refractivity contribution in [1.29, 1.82) is 0 Å². The van der Waals surface area contributed by atoms with E-state index in [1.54, 1.807) is 0 Å². The van der Waals surface area contributed by atoms with Crippen molar-refractivity contribution in [2.24, 2.45) is 0 Å². The number of benzene rings is 2. The Morgan fingerprint density at radius 3 is 2.31 bits per heavy atom. The number of anilines is 2. The predicted molar refractivity (Wildman–Crippen MR) is 109 cm³/mol. The molecule has 152 valence electrons. The zero-order valence-corrected chi connectivity index (χ0v) is 16.2. The molecule has 4 rings (SSSR count). The average molecular weight is 400 g/mol. The number of aromatic nitrogens is 2. The number of fused-ring (bicyclic) bond motifs is 1. The number of rotatable bonds is 4. The van der Waals surface area contributed by atoms with Crippen LogP contribution in [0, 0.1) is 0 Å². The Bertz CT molecular complexity index is 980. The Hall–Kier alpha value is -2.83. The van der Waals surface area contributed by atoms with Crippen LogP contribution in [0.1, 0.15) is 43.4 Å². The summed E-state index contributed by atoms with van der Waals surface area (Å²) < 4.78 is 38.5. The van der Waals surface area contributed by atoms with Gasteiger partial charge in [0.2, 0.25) is 5.95 Å². The summed E-state index contributed by atoms with van der Waals surface area (Å²) in [6, 6.07) is 12.8. The molecule has 0 saturated carbocycles. The standard InChI is InChI=1S/C22H23F3N4/c1-15(16-9-11-17(12-10-16)22(23,24)25)26-20-18-7-3-4-8-19(18)27-21(28-20)29-13-5-2-6-14-29/h3-4,7-12,15H,2,5-6,13-14H2,1H3,(H,26,27,28)/t15-/m1/s1. The number of piperidine rings is 1. The number of hydrogen-bond acceptors (Lipinski definition) is 4. The Kier molecular flexibility index (Phi) is 5.30. The Labute approximate surface area is 167 Å². The van der Waals surface area contributed by atoms with Gasteiger partial charge in [-0.15, -0.1) is 0 Å². The lowest BCUT2D eigenvalue weighted by Crippen LogP contribution is -2.31. The second-order valence-electron chi connectivity index (χ2n) is 7.42. The van der Waals surface area contributed by atoms with Crippen LogP contribution in [0.25, 0.3) is 10.9 Å². The third-order valence-corrected chi connectivity index (χ3v) is 5.32. The number of nitrogens with one attached hydrogen (secondary N) is 1. The zero-order valence-electron chi connectivity index (χ0n) is 16.2. The lowest BCUT2D eigenvalue weighted by Gasteiger charge is -2.27. The van der Waals surface area contributed by atoms with Crippen LogP contribution in [0.3, 0.4) is 0 Å². The zero-order chi connectivity index (χ0) is 20.4. The summed E-state index contributed by atoms with van der Waals surface area (Å²) in [6.07, 6.45) is -0.858. The van der Waals surface area contributed by atoms with Gasteiger partial charge in [-0.3, -0.25) is 0 Å². The first-order valence-electron chi connectivity index (χ1n) is 9.87. The van der Waals surface area contributed by atoms with E-state index in [1.165, 1.54) is 18.6 Å². The normalized spacial score (nSPS) is 16.1. The van der Waals surface area contributed by atoms with Crippen molar-refractivity contribution in [3.63, 3.8) is 0 Å². The Morgan fingerprint density at radius 1 is 0.931 bits per heavy atom. The predicted octanol–water partition coefficient (Wildman–Crippen LogP) is 5.81. The second kappa shape index (κ2) is 7.89. The first kappa shape index (κ1) is 19.5. The largest absolute Gasteiger partial charge is 0.416 e. The number of hydrogen-bond donors (Lipinski definition) is 1. The van der Waals surface area contributed by atoms with Gasteiger partial charge < -0.3 is 10.2 Å². The third kappa shape index (κ3) is 4.28. The summed E-state index contributed by atoms with van der Waals surface area (Å²) in [7, 11) is 0. The third-order valence-electron chi connectivity index (χ3n) is 5.32. The fraction of sp³-hybridized carbons (Fsp3) is 0.364. The van der Waals surface area contributed by atoms with Crippen molar-refractivity contribution in [2.75, 3.05) is 23.3 Å². The van der Waals surface area contributed by atoms with Gasteiger partial charge in [0.1, 0.15) is 5.82 Å². The van der Waals surface area contributed by atoms with Gasteiger partial charge in [-0.2, -0.15) is 18.2 Å². The van der Waals surface area contributed by atoms with Crippen LogP contribution < -0.4 is 10.2 Å². The molecule has 1 aliphatic heterocycles. The molecule has 7 heteroatoms. The minimum absolute atomic E-state index is 0.204. The van der Waals surface area contributed by atoms with Gasteiger partial charge in [-0.25, -0.2) is 4.98 Å². The van der Waals surface area contributed by atoms with Gasteiger partial charge in [0, 0.05) is 24.5 Å². The maximum absolute atomic E-state index is 12.8. The van der Waals surface area contributed by atoms with Crippen LogP contribution in [0.2, 0.25) is 0 Å². The van der Waals surface area contributed by atoms with Crippen LogP contribution in [0.4, 0.5) is 24.9 Å². The van der Waals surface area contributed by atoms with Crippen molar-refractivity contribution < 1.29 is 13.2 Å². The van der Waals surface area contributed by atoms with E-state index in [9.17, 15) is 13.2 Å². The van der Waals surface area contributed by atoms with E-state index in [0.29, 0.717) is 11.8 Å². The van der Waals surface area contributed by atoms with E-state index >= 15 is 0 Å². The summed E-state index contributed by atoms with van der Waals surface area (Å²) >= 11 is 0. The minimum atomic E-state index is -4.33. The summed E-state index contributed by atoms with van der Waals surface area (Å²) in [5, 5.41) is 4.28. The number of para-hydroxylation sites is 1. The molecule has 0 radical (unpaired) electrons. The van der Waals surface area contributed by atoms with Crippen molar-refractivity contribution in [2.45, 2.75) is 38.4 Å². The lowest BCUT2D eigenvalue weighted by atomic mass is 10.1. The molecular formula is C22H23F3N4. The molecule has 1 fully saturated rings. The van der Waals surface area contributed by atoms with Gasteiger partial charge in [0.25, 0.3) is 0 Å². The van der Waals surface area contributed by atoms with E-state index in [0.717, 1.165) is 54.5 Å². The van der Waals surface area contributed by atoms with E-state index in [-0.39, 0.29) is 6.04 Å². The molecule has 1 N–H and O–H groups in total. The number of nitrogens with zero attached hydrogens (tertiary/aromatic N) is 3. The molecule has 1 saturated heterocycles. The average Bonchev–Trinajstić information content (AvgIpc) is 2.73. The molecule has 0 unspecified atom stereocenters. The molecule has 0 spiro atoms. The quantitative estimate of drug-likeness (QED) is 0.600. The Balaban J connectivity index is 1.64. The maximum Gasteiger partial charge on any atom is 0.416 e. The van der Waals surface area contributed by atoms with E-state index in [1.807, 2.05) is 31.2 Å². The fourth-order valence-electron chi connectivity index (χ4n) is 3.66. The van der Waals surface area contributed by atoms with Crippen LogP contribution in [0.5, 0.6) is 0 Å². The van der Waals surface area contributed by atoms with E-state index in [2.05, 4.69) is 10.2 Å². The second-order valence-corrected chi connectivity index (χ2v) is 7.42. The molecule has 29 heavy (non-hydrogen) atoms. The summed E-state index contributed by atoms with van der Waals surface area (Å²) in [4.78, 5) is 11.7. The van der Waals surface area contributed by atoms with Crippen LogP contribution in [-0.2, 0) is 6.18 Å². The maximum atomic E-state index is 12.8. The topological polar surface area (TPSA) is 41.1 Å². The minimum Gasteiger partial charge on any atom is -0.363 e. The van der Waals surface area contributed by atoms with E-state index in [4.69, 9.17) is 9.97 Å². The highest BCUT2D eigenvalue weighted by Gasteiger charge is 2.30. The molecule has 4 nitrogen and oxygen atoms in total. The molecule has 2 heterocycles. The number of alkyl halides is 3. The molecule has 1 aromatic heterocycles. The number of halogens is 3. The molecule has 3 aromatic rings. The molecule has 0 aliphatic carbocycles. The van der Waals surface area contributed by atoms with Crippen molar-refractivity contribution in [3.05, 3.63) is 59.7 Å². The smallest absolute Gasteiger partial charge is 0.363 e. The van der Waals surface area contributed by atoms with Gasteiger partial charge in [-0.1, -0.05) is 24.3 Å². The van der Waals surface area contributed by atoms with Gasteiger partial charge in [0.05, 0.1) is 11.1 Å². The molecule has 1 atom stereocenters. The van der Waals surface area contributed by atoms with Crippen LogP contribution in [0.15, 0.2) is 48.5 Å². The fourth-order valence-corrected chi connectivity index (χ4v) is 3.66.